The Morgan fingerprint density at radius 3 is 2.79 bits per heavy atom. The molecule has 0 saturated carbocycles. The average Bonchev–Trinajstić information content (AvgIpc) is 2.35. The monoisotopic (exact) mass is 201 g/mol. The fourth-order valence-electron chi connectivity index (χ4n) is 2.92. The summed E-state index contributed by atoms with van der Waals surface area (Å²) in [5.74, 6) is 0. The number of rotatable bonds is 3. The van der Waals surface area contributed by atoms with Crippen LogP contribution in [0, 0.1) is 0 Å². The number of hydrogen-bond acceptors (Lipinski definition) is 2. The van der Waals surface area contributed by atoms with Crippen LogP contribution in [-0.4, -0.2) is 41.9 Å². The van der Waals surface area contributed by atoms with E-state index in [0.717, 1.165) is 6.42 Å². The molecule has 14 heavy (non-hydrogen) atoms. The number of hydrogen-bond donors (Lipinski definition) is 0. The highest BCUT2D eigenvalue weighted by Gasteiger charge is 2.56. The molecule has 0 bridgehead atoms. The first-order valence-corrected chi connectivity index (χ1v) is 5.56. The summed E-state index contributed by atoms with van der Waals surface area (Å²) in [5.41, 5.74) is 0.0447. The molecule has 0 spiro atoms. The molecular formula is C11H20FNO. The summed E-state index contributed by atoms with van der Waals surface area (Å²) < 4.78 is 18.9. The summed E-state index contributed by atoms with van der Waals surface area (Å²) in [4.78, 5) is 2.28. The van der Waals surface area contributed by atoms with Crippen LogP contribution in [0.4, 0.5) is 4.39 Å². The van der Waals surface area contributed by atoms with Crippen molar-refractivity contribution in [2.24, 2.45) is 0 Å². The van der Waals surface area contributed by atoms with Crippen LogP contribution in [0.25, 0.3) is 0 Å². The topological polar surface area (TPSA) is 12.5 Å². The van der Waals surface area contributed by atoms with Gasteiger partial charge < -0.3 is 4.74 Å². The zero-order valence-electron chi connectivity index (χ0n) is 9.29. The van der Waals surface area contributed by atoms with Gasteiger partial charge in [0.25, 0.3) is 0 Å². The smallest absolute Gasteiger partial charge is 0.115 e. The lowest BCUT2D eigenvalue weighted by molar-refractivity contribution is -0.0960. The van der Waals surface area contributed by atoms with Gasteiger partial charge in [0, 0.05) is 24.5 Å². The van der Waals surface area contributed by atoms with Crippen molar-refractivity contribution in [1.82, 2.24) is 4.90 Å². The lowest BCUT2D eigenvalue weighted by Gasteiger charge is -2.53. The number of alkyl halides is 1. The minimum atomic E-state index is -0.643. The van der Waals surface area contributed by atoms with E-state index in [1.807, 2.05) is 13.8 Å². The molecule has 0 N–H and O–H groups in total. The molecule has 2 heterocycles. The molecule has 0 amide bonds. The van der Waals surface area contributed by atoms with Gasteiger partial charge in [0.15, 0.2) is 0 Å². The summed E-state index contributed by atoms with van der Waals surface area (Å²) in [5, 5.41) is 0. The Balaban J connectivity index is 1.95. The highest BCUT2D eigenvalue weighted by molar-refractivity contribution is 5.10. The molecule has 0 aliphatic carbocycles. The first-order valence-electron chi connectivity index (χ1n) is 5.56. The van der Waals surface area contributed by atoms with Crippen molar-refractivity contribution in [3.8, 4) is 0 Å². The maximum absolute atomic E-state index is 13.3. The van der Waals surface area contributed by atoms with Gasteiger partial charge in [0.1, 0.15) is 6.17 Å². The van der Waals surface area contributed by atoms with Crippen molar-refractivity contribution >= 4 is 0 Å². The van der Waals surface area contributed by atoms with E-state index in [0.29, 0.717) is 25.6 Å². The molecule has 0 aromatic heterocycles. The molecule has 82 valence electrons. The van der Waals surface area contributed by atoms with Gasteiger partial charge in [-0.3, -0.25) is 4.90 Å². The summed E-state index contributed by atoms with van der Waals surface area (Å²) in [6, 6.07) is 0.548. The molecule has 0 unspecified atom stereocenters. The molecule has 2 fully saturated rings. The molecule has 3 atom stereocenters. The van der Waals surface area contributed by atoms with Crippen LogP contribution in [0.1, 0.15) is 33.6 Å². The standard InChI is InChI=1S/C11H20FNO/c1-8(2)14-7-11-4-9(3)13(11)6-10(12)5-11/h8-10H,4-7H2,1-3H3/t9-,10-,11+/m0/s1. The van der Waals surface area contributed by atoms with Gasteiger partial charge in [-0.05, 0) is 27.2 Å². The van der Waals surface area contributed by atoms with Crippen molar-refractivity contribution < 1.29 is 9.13 Å². The van der Waals surface area contributed by atoms with Crippen LogP contribution >= 0.6 is 0 Å². The maximum atomic E-state index is 13.3. The van der Waals surface area contributed by atoms with Crippen molar-refractivity contribution in [3.63, 3.8) is 0 Å². The lowest BCUT2D eigenvalue weighted by atomic mass is 9.80. The minimum absolute atomic E-state index is 0.0447. The molecule has 0 radical (unpaired) electrons. The quantitative estimate of drug-likeness (QED) is 0.692. The van der Waals surface area contributed by atoms with Gasteiger partial charge >= 0.3 is 0 Å². The van der Waals surface area contributed by atoms with Crippen LogP contribution in [0.3, 0.4) is 0 Å². The molecule has 2 rings (SSSR count). The number of halogens is 1. The number of nitrogens with zero attached hydrogens (tertiary/aromatic N) is 1. The molecular weight excluding hydrogens is 181 g/mol. The Hall–Kier alpha value is -0.150. The predicted molar refractivity (Wildman–Crippen MR) is 54.1 cm³/mol. The summed E-state index contributed by atoms with van der Waals surface area (Å²) >= 11 is 0. The van der Waals surface area contributed by atoms with Gasteiger partial charge in [-0.2, -0.15) is 0 Å². The van der Waals surface area contributed by atoms with E-state index >= 15 is 0 Å². The van der Waals surface area contributed by atoms with E-state index in [1.165, 1.54) is 0 Å². The second kappa shape index (κ2) is 3.46. The Morgan fingerprint density at radius 1 is 1.50 bits per heavy atom. The van der Waals surface area contributed by atoms with Crippen molar-refractivity contribution in [2.75, 3.05) is 13.2 Å². The van der Waals surface area contributed by atoms with Crippen molar-refractivity contribution in [1.29, 1.82) is 0 Å². The van der Waals surface area contributed by atoms with Crippen LogP contribution < -0.4 is 0 Å². The third kappa shape index (κ3) is 1.57. The molecule has 2 aliphatic rings. The SMILES string of the molecule is CC(C)OC[C@@]12C[C@H](F)CN1[C@@H](C)C2. The predicted octanol–water partition coefficient (Wildman–Crippen LogP) is 1.99. The van der Waals surface area contributed by atoms with Crippen LogP contribution in [-0.2, 0) is 4.74 Å². The van der Waals surface area contributed by atoms with Crippen LogP contribution in [0.2, 0.25) is 0 Å². The summed E-state index contributed by atoms with van der Waals surface area (Å²) in [6.07, 6.45) is 1.38. The van der Waals surface area contributed by atoms with E-state index in [-0.39, 0.29) is 11.6 Å². The highest BCUT2D eigenvalue weighted by atomic mass is 19.1. The van der Waals surface area contributed by atoms with E-state index in [4.69, 9.17) is 4.74 Å². The van der Waals surface area contributed by atoms with E-state index in [9.17, 15) is 4.39 Å². The van der Waals surface area contributed by atoms with Crippen molar-refractivity contribution in [2.45, 2.75) is 57.5 Å². The fourth-order valence-corrected chi connectivity index (χ4v) is 2.92. The Bertz CT molecular complexity index is 221. The highest BCUT2D eigenvalue weighted by Crippen LogP contribution is 2.46. The Labute approximate surface area is 85.4 Å². The molecule has 0 aromatic rings. The lowest BCUT2D eigenvalue weighted by Crippen LogP contribution is -2.63. The van der Waals surface area contributed by atoms with E-state index < -0.39 is 6.17 Å². The van der Waals surface area contributed by atoms with Gasteiger partial charge in [0.2, 0.25) is 0 Å². The summed E-state index contributed by atoms with van der Waals surface area (Å²) in [6.45, 7) is 7.56. The summed E-state index contributed by atoms with van der Waals surface area (Å²) in [7, 11) is 0. The van der Waals surface area contributed by atoms with Gasteiger partial charge in [-0.1, -0.05) is 0 Å². The number of fused-ring (bicyclic) bond motifs is 1. The van der Waals surface area contributed by atoms with Crippen LogP contribution in [0.15, 0.2) is 0 Å². The third-order valence-electron chi connectivity index (χ3n) is 3.50. The molecule has 0 aromatic carbocycles. The zero-order valence-corrected chi connectivity index (χ0v) is 9.29. The van der Waals surface area contributed by atoms with Crippen molar-refractivity contribution in [3.05, 3.63) is 0 Å². The second-order valence-electron chi connectivity index (χ2n) is 5.09. The first-order chi connectivity index (χ1) is 6.53. The molecule has 3 heteroatoms. The number of ether oxygens (including phenoxy) is 1. The molecule has 2 saturated heterocycles. The second-order valence-corrected chi connectivity index (χ2v) is 5.09. The van der Waals surface area contributed by atoms with Crippen LogP contribution in [0.5, 0.6) is 0 Å². The minimum Gasteiger partial charge on any atom is -0.377 e. The Kier molecular flexibility index (Phi) is 2.56. The molecule has 2 nitrogen and oxygen atoms in total. The zero-order chi connectivity index (χ0) is 10.3. The average molecular weight is 201 g/mol. The maximum Gasteiger partial charge on any atom is 0.115 e. The van der Waals surface area contributed by atoms with Gasteiger partial charge in [-0.15, -0.1) is 0 Å². The molecule has 2 aliphatic heterocycles. The normalized spacial score (nSPS) is 42.6. The van der Waals surface area contributed by atoms with Gasteiger partial charge in [0.05, 0.1) is 12.7 Å². The third-order valence-corrected chi connectivity index (χ3v) is 3.50. The first kappa shape index (κ1) is 10.4. The Morgan fingerprint density at radius 2 is 2.21 bits per heavy atom. The van der Waals surface area contributed by atoms with E-state index in [2.05, 4.69) is 11.8 Å². The fraction of sp³-hybridized carbons (Fsp3) is 1.00. The van der Waals surface area contributed by atoms with E-state index in [1.54, 1.807) is 0 Å². The largest absolute Gasteiger partial charge is 0.377 e. The van der Waals surface area contributed by atoms with Gasteiger partial charge in [-0.25, -0.2) is 4.39 Å².